The van der Waals surface area contributed by atoms with E-state index in [4.69, 9.17) is 0 Å². The molecule has 1 aromatic rings. The van der Waals surface area contributed by atoms with Gasteiger partial charge in [0.25, 0.3) is 0 Å². The van der Waals surface area contributed by atoms with E-state index < -0.39 is 0 Å². The average Bonchev–Trinajstić information content (AvgIpc) is 3.15. The van der Waals surface area contributed by atoms with Gasteiger partial charge in [-0.1, -0.05) is 42.5 Å². The first-order valence-corrected chi connectivity index (χ1v) is 7.67. The number of hydrogen-bond donors (Lipinski definition) is 1. The molecule has 108 valence electrons. The van der Waals surface area contributed by atoms with Crippen LogP contribution < -0.4 is 10.4 Å². The molecule has 0 saturated heterocycles. The molecule has 2 unspecified atom stereocenters. The van der Waals surface area contributed by atoms with E-state index in [1.807, 2.05) is 7.05 Å². The van der Waals surface area contributed by atoms with Gasteiger partial charge >= 0.3 is 0 Å². The highest BCUT2D eigenvalue weighted by atomic mass is 15.5. The van der Waals surface area contributed by atoms with Gasteiger partial charge in [-0.2, -0.15) is 0 Å². The third kappa shape index (κ3) is 1.22. The number of rotatable bonds is 1. The fourth-order valence-corrected chi connectivity index (χ4v) is 4.26. The van der Waals surface area contributed by atoms with Gasteiger partial charge in [0, 0.05) is 25.0 Å². The quantitative estimate of drug-likeness (QED) is 0.856. The van der Waals surface area contributed by atoms with Crippen LogP contribution in [0.2, 0.25) is 0 Å². The van der Waals surface area contributed by atoms with Crippen LogP contribution in [0.4, 0.5) is 5.69 Å². The van der Waals surface area contributed by atoms with Crippen LogP contribution in [0.15, 0.2) is 78.7 Å². The number of hydrogen-bond acceptors (Lipinski definition) is 3. The lowest BCUT2D eigenvalue weighted by Crippen LogP contribution is -2.58. The smallest absolute Gasteiger partial charge is 0.114 e. The number of hydrazine groups is 1. The normalized spacial score (nSPS) is 29.8. The summed E-state index contributed by atoms with van der Waals surface area (Å²) in [5, 5.41) is 2.30. The lowest BCUT2D eigenvalue weighted by Gasteiger charge is -2.43. The Bertz CT molecular complexity index is 812. The summed E-state index contributed by atoms with van der Waals surface area (Å²) in [5.41, 5.74) is 8.54. The van der Waals surface area contributed by atoms with Gasteiger partial charge in [-0.05, 0) is 29.4 Å². The molecule has 5 rings (SSSR count). The Morgan fingerprint density at radius 3 is 2.91 bits per heavy atom. The minimum absolute atomic E-state index is 0.152. The molecular formula is C19H17N3. The monoisotopic (exact) mass is 287 g/mol. The maximum absolute atomic E-state index is 3.42. The van der Waals surface area contributed by atoms with E-state index in [-0.39, 0.29) is 11.6 Å². The summed E-state index contributed by atoms with van der Waals surface area (Å²) >= 11 is 0. The van der Waals surface area contributed by atoms with Crippen LogP contribution in [0.3, 0.4) is 0 Å². The van der Waals surface area contributed by atoms with Crippen LogP contribution in [0.25, 0.3) is 5.57 Å². The fraction of sp³-hybridized carbons (Fsp3) is 0.158. The number of allylic oxidation sites excluding steroid dienone is 4. The van der Waals surface area contributed by atoms with Gasteiger partial charge in [-0.15, -0.1) is 0 Å². The standard InChI is InChI=1S/C19H17N3/c1-20-22-17-9-3-2-7-15(17)16-8-5-12-21-13-10-14-6-4-11-19(14,21)18(16)22/h2-13,18,20H,1H3. The molecule has 0 aromatic heterocycles. The van der Waals surface area contributed by atoms with E-state index >= 15 is 0 Å². The van der Waals surface area contributed by atoms with E-state index in [9.17, 15) is 0 Å². The van der Waals surface area contributed by atoms with Gasteiger partial charge in [-0.25, -0.2) is 5.43 Å². The molecule has 3 nitrogen and oxygen atoms in total. The Kier molecular flexibility index (Phi) is 2.20. The lowest BCUT2D eigenvalue weighted by atomic mass is 9.81. The number of nitrogens with one attached hydrogen (secondary N) is 1. The number of para-hydroxylation sites is 1. The van der Waals surface area contributed by atoms with E-state index in [0.29, 0.717) is 0 Å². The first-order valence-electron chi connectivity index (χ1n) is 7.67. The van der Waals surface area contributed by atoms with Crippen molar-refractivity contribution in [1.82, 2.24) is 10.3 Å². The van der Waals surface area contributed by atoms with Crippen LogP contribution in [0.1, 0.15) is 5.56 Å². The van der Waals surface area contributed by atoms with E-state index in [2.05, 4.69) is 88.5 Å². The number of nitrogens with zero attached hydrogens (tertiary/aromatic N) is 2. The maximum Gasteiger partial charge on any atom is 0.114 e. The molecule has 0 saturated carbocycles. The fourth-order valence-electron chi connectivity index (χ4n) is 4.26. The summed E-state index contributed by atoms with van der Waals surface area (Å²) in [5.74, 6) is 0. The van der Waals surface area contributed by atoms with Gasteiger partial charge in [-0.3, -0.25) is 5.01 Å². The van der Waals surface area contributed by atoms with Crippen molar-refractivity contribution < 1.29 is 0 Å². The highest BCUT2D eigenvalue weighted by Gasteiger charge is 2.54. The van der Waals surface area contributed by atoms with Gasteiger partial charge in [0.1, 0.15) is 11.6 Å². The van der Waals surface area contributed by atoms with Gasteiger partial charge < -0.3 is 4.90 Å². The maximum atomic E-state index is 3.42. The molecule has 0 radical (unpaired) electrons. The second kappa shape index (κ2) is 4.02. The molecule has 3 heterocycles. The molecular weight excluding hydrogens is 270 g/mol. The van der Waals surface area contributed by atoms with Crippen molar-refractivity contribution in [1.29, 1.82) is 0 Å². The van der Waals surface area contributed by atoms with Crippen molar-refractivity contribution >= 4 is 11.3 Å². The molecule has 4 aliphatic rings. The predicted octanol–water partition coefficient (Wildman–Crippen LogP) is 2.98. The summed E-state index contributed by atoms with van der Waals surface area (Å²) in [6.45, 7) is 0. The molecule has 2 atom stereocenters. The number of benzene rings is 1. The van der Waals surface area contributed by atoms with Gasteiger partial charge in [0.2, 0.25) is 0 Å². The van der Waals surface area contributed by atoms with Crippen LogP contribution in [0, 0.1) is 0 Å². The van der Waals surface area contributed by atoms with Crippen LogP contribution >= 0.6 is 0 Å². The SMILES string of the molecule is CNN1c2ccccc2C2=CC=CN3C=CC4=CC=CC43C21. The topological polar surface area (TPSA) is 18.5 Å². The zero-order valence-electron chi connectivity index (χ0n) is 12.4. The Labute approximate surface area is 130 Å². The van der Waals surface area contributed by atoms with Crippen LogP contribution in [-0.2, 0) is 0 Å². The van der Waals surface area contributed by atoms with E-state index in [1.54, 1.807) is 0 Å². The van der Waals surface area contributed by atoms with Crippen molar-refractivity contribution in [2.24, 2.45) is 0 Å². The first kappa shape index (κ1) is 12.1. The summed E-state index contributed by atoms with van der Waals surface area (Å²) in [6.07, 6.45) is 17.7. The second-order valence-electron chi connectivity index (χ2n) is 6.01. The van der Waals surface area contributed by atoms with Crippen LogP contribution in [-0.4, -0.2) is 23.5 Å². The molecule has 0 amide bonds. The largest absolute Gasteiger partial charge is 0.338 e. The molecule has 0 bridgehead atoms. The second-order valence-corrected chi connectivity index (χ2v) is 6.01. The molecule has 1 spiro atoms. The van der Waals surface area contributed by atoms with Crippen molar-refractivity contribution in [2.75, 3.05) is 12.1 Å². The molecule has 1 N–H and O–H groups in total. The summed E-state index contributed by atoms with van der Waals surface area (Å²) in [7, 11) is 2.00. The minimum atomic E-state index is -0.152. The highest BCUT2D eigenvalue weighted by molar-refractivity contribution is 5.91. The zero-order chi connectivity index (χ0) is 14.7. The molecule has 1 aromatic carbocycles. The van der Waals surface area contributed by atoms with Gasteiger partial charge in [0.15, 0.2) is 0 Å². The van der Waals surface area contributed by atoms with Crippen molar-refractivity contribution in [3.63, 3.8) is 0 Å². The molecule has 22 heavy (non-hydrogen) atoms. The Hall–Kier alpha value is -2.52. The Morgan fingerprint density at radius 2 is 2.00 bits per heavy atom. The number of anilines is 1. The predicted molar refractivity (Wildman–Crippen MR) is 89.8 cm³/mol. The summed E-state index contributed by atoms with van der Waals surface area (Å²) in [4.78, 5) is 2.33. The summed E-state index contributed by atoms with van der Waals surface area (Å²) in [6, 6.07) is 8.85. The number of fused-ring (bicyclic) bond motifs is 3. The Morgan fingerprint density at radius 1 is 1.09 bits per heavy atom. The summed E-state index contributed by atoms with van der Waals surface area (Å²) < 4.78 is 0. The lowest BCUT2D eigenvalue weighted by molar-refractivity contribution is 0.307. The highest BCUT2D eigenvalue weighted by Crippen LogP contribution is 2.52. The van der Waals surface area contributed by atoms with Crippen molar-refractivity contribution in [3.05, 3.63) is 84.3 Å². The van der Waals surface area contributed by atoms with Crippen molar-refractivity contribution in [2.45, 2.75) is 11.6 Å². The molecule has 3 aliphatic heterocycles. The zero-order valence-corrected chi connectivity index (χ0v) is 12.4. The first-order chi connectivity index (χ1) is 10.9. The minimum Gasteiger partial charge on any atom is -0.338 e. The van der Waals surface area contributed by atoms with E-state index in [0.717, 1.165) is 0 Å². The molecule has 3 heteroatoms. The van der Waals surface area contributed by atoms with Gasteiger partial charge in [0.05, 0.1) is 5.69 Å². The average molecular weight is 287 g/mol. The molecule has 1 aliphatic carbocycles. The third-order valence-electron chi connectivity index (χ3n) is 5.14. The molecule has 0 fully saturated rings. The van der Waals surface area contributed by atoms with Crippen LogP contribution in [0.5, 0.6) is 0 Å². The van der Waals surface area contributed by atoms with E-state index in [1.165, 1.54) is 22.4 Å². The third-order valence-corrected chi connectivity index (χ3v) is 5.14. The Balaban J connectivity index is 1.79. The van der Waals surface area contributed by atoms with Crippen molar-refractivity contribution in [3.8, 4) is 0 Å².